The summed E-state index contributed by atoms with van der Waals surface area (Å²) in [6.07, 6.45) is 2.42. The molecule has 0 saturated heterocycles. The molecular weight excluding hydrogens is 385 g/mol. The van der Waals surface area contributed by atoms with E-state index in [-0.39, 0.29) is 35.3 Å². The average molecular weight is 402 g/mol. The van der Waals surface area contributed by atoms with E-state index in [1.54, 1.807) is 12.1 Å². The summed E-state index contributed by atoms with van der Waals surface area (Å²) in [5.41, 5.74) is 3.01. The van der Waals surface area contributed by atoms with Gasteiger partial charge in [0.25, 0.3) is 0 Å². The summed E-state index contributed by atoms with van der Waals surface area (Å²) in [5, 5.41) is 11.8. The van der Waals surface area contributed by atoms with E-state index in [4.69, 9.17) is 16.3 Å². The summed E-state index contributed by atoms with van der Waals surface area (Å²) in [5.74, 6) is 0.0885. The van der Waals surface area contributed by atoms with E-state index in [9.17, 15) is 9.90 Å². The van der Waals surface area contributed by atoms with Gasteiger partial charge in [-0.2, -0.15) is 0 Å². The van der Waals surface area contributed by atoms with Crippen LogP contribution in [-0.4, -0.2) is 17.6 Å². The number of carbonyl (C=O) groups is 1. The van der Waals surface area contributed by atoms with Crippen molar-refractivity contribution in [2.24, 2.45) is 5.92 Å². The number of carboxylic acid groups (broad SMARTS) is 1. The Morgan fingerprint density at radius 3 is 2.50 bits per heavy atom. The Bertz CT molecular complexity index is 1000. The van der Waals surface area contributed by atoms with Crippen molar-refractivity contribution in [1.82, 2.24) is 4.98 Å². The zero-order chi connectivity index (χ0) is 18.8. The van der Waals surface area contributed by atoms with E-state index >= 15 is 0 Å². The second-order valence-electron chi connectivity index (χ2n) is 6.64. The van der Waals surface area contributed by atoms with E-state index < -0.39 is 5.97 Å². The van der Waals surface area contributed by atoms with Crippen molar-refractivity contribution < 1.29 is 44.2 Å². The first-order valence-electron chi connectivity index (χ1n) is 8.82. The van der Waals surface area contributed by atoms with Gasteiger partial charge in [0.2, 0.25) is 0 Å². The molecule has 4 nitrogen and oxygen atoms in total. The predicted octanol–water partition coefficient (Wildman–Crippen LogP) is 1.23. The molecule has 2 aromatic carbocycles. The SMILES string of the molecule is O=C([O-])c1cccc(-c2ccccc2-c2cc(Cl)ccc2OCC2CC2)n1.[Na+]. The molecule has 0 radical (unpaired) electrons. The van der Waals surface area contributed by atoms with Crippen molar-refractivity contribution in [3.63, 3.8) is 0 Å². The fourth-order valence-electron chi connectivity index (χ4n) is 2.97. The normalized spacial score (nSPS) is 12.9. The Labute approximate surface area is 190 Å². The van der Waals surface area contributed by atoms with Gasteiger partial charge in [0.1, 0.15) is 5.75 Å². The van der Waals surface area contributed by atoms with Gasteiger partial charge in [-0.25, -0.2) is 4.98 Å². The smallest absolute Gasteiger partial charge is 0.543 e. The Kier molecular flexibility index (Phi) is 6.78. The summed E-state index contributed by atoms with van der Waals surface area (Å²) in [7, 11) is 0. The molecule has 136 valence electrons. The monoisotopic (exact) mass is 401 g/mol. The predicted molar refractivity (Wildman–Crippen MR) is 103 cm³/mol. The first-order chi connectivity index (χ1) is 13.1. The third-order valence-electron chi connectivity index (χ3n) is 4.56. The Morgan fingerprint density at radius 1 is 1.04 bits per heavy atom. The van der Waals surface area contributed by atoms with Crippen LogP contribution in [0, 0.1) is 5.92 Å². The van der Waals surface area contributed by atoms with Gasteiger partial charge in [-0.05, 0) is 54.7 Å². The van der Waals surface area contributed by atoms with Gasteiger partial charge in [0, 0.05) is 16.1 Å². The van der Waals surface area contributed by atoms with Crippen LogP contribution < -0.4 is 39.4 Å². The minimum absolute atomic E-state index is 0. The maximum atomic E-state index is 11.2. The van der Waals surface area contributed by atoms with Crippen LogP contribution in [-0.2, 0) is 0 Å². The third kappa shape index (κ3) is 4.76. The molecule has 0 unspecified atom stereocenters. The van der Waals surface area contributed by atoms with E-state index in [0.29, 0.717) is 23.2 Å². The van der Waals surface area contributed by atoms with Crippen LogP contribution in [0.3, 0.4) is 0 Å². The maximum absolute atomic E-state index is 11.2. The van der Waals surface area contributed by atoms with Crippen LogP contribution in [0.15, 0.2) is 60.7 Å². The van der Waals surface area contributed by atoms with Gasteiger partial charge in [0.15, 0.2) is 0 Å². The summed E-state index contributed by atoms with van der Waals surface area (Å²) >= 11 is 6.25. The van der Waals surface area contributed by atoms with Gasteiger partial charge in [-0.15, -0.1) is 0 Å². The fourth-order valence-corrected chi connectivity index (χ4v) is 3.14. The minimum atomic E-state index is -1.30. The van der Waals surface area contributed by atoms with Crippen molar-refractivity contribution in [1.29, 1.82) is 0 Å². The van der Waals surface area contributed by atoms with Crippen LogP contribution in [0.1, 0.15) is 23.3 Å². The van der Waals surface area contributed by atoms with Crippen LogP contribution >= 0.6 is 11.6 Å². The molecule has 1 saturated carbocycles. The molecule has 0 bridgehead atoms. The molecule has 0 amide bonds. The van der Waals surface area contributed by atoms with Crippen LogP contribution in [0.2, 0.25) is 5.02 Å². The Balaban J connectivity index is 0.00000225. The molecular formula is C22H17ClNNaO3. The number of rotatable bonds is 6. The van der Waals surface area contributed by atoms with E-state index in [1.807, 2.05) is 42.5 Å². The maximum Gasteiger partial charge on any atom is 1.00 e. The molecule has 6 heteroatoms. The molecule has 1 heterocycles. The number of carbonyl (C=O) groups excluding carboxylic acids is 1. The van der Waals surface area contributed by atoms with Crippen LogP contribution in [0.5, 0.6) is 5.75 Å². The van der Waals surface area contributed by atoms with Crippen LogP contribution in [0.25, 0.3) is 22.4 Å². The molecule has 3 aromatic rings. The Morgan fingerprint density at radius 2 is 1.79 bits per heavy atom. The van der Waals surface area contributed by atoms with Gasteiger partial charge in [-0.3, -0.25) is 0 Å². The Hall–Kier alpha value is -1.85. The quantitative estimate of drug-likeness (QED) is 0.583. The standard InChI is InChI=1S/C22H18ClNO3.Na/c23-15-10-11-21(27-13-14-8-9-14)18(12-15)16-4-1-2-5-17(16)19-6-3-7-20(24-19)22(25)26;/h1-7,10-12,14H,8-9,13H2,(H,25,26);/q;+1/p-1. The second-order valence-corrected chi connectivity index (χ2v) is 7.07. The first-order valence-corrected chi connectivity index (χ1v) is 9.20. The van der Waals surface area contributed by atoms with Gasteiger partial charge in [-0.1, -0.05) is 41.9 Å². The molecule has 0 atom stereocenters. The van der Waals surface area contributed by atoms with E-state index in [0.717, 1.165) is 22.4 Å². The molecule has 0 N–H and O–H groups in total. The first kappa shape index (κ1) is 20.9. The summed E-state index contributed by atoms with van der Waals surface area (Å²) in [6, 6.07) is 18.1. The largest absolute Gasteiger partial charge is 1.00 e. The number of carboxylic acids is 1. The topological polar surface area (TPSA) is 62.2 Å². The molecule has 1 fully saturated rings. The molecule has 1 aliphatic carbocycles. The summed E-state index contributed by atoms with van der Waals surface area (Å²) in [6.45, 7) is 0.690. The molecule has 0 spiro atoms. The van der Waals surface area contributed by atoms with Crippen molar-refractivity contribution in [2.75, 3.05) is 6.61 Å². The number of aromatic carboxylic acids is 1. The summed E-state index contributed by atoms with van der Waals surface area (Å²) < 4.78 is 6.04. The molecule has 1 aromatic heterocycles. The van der Waals surface area contributed by atoms with E-state index in [2.05, 4.69) is 4.98 Å². The van der Waals surface area contributed by atoms with Gasteiger partial charge >= 0.3 is 29.6 Å². The molecule has 1 aliphatic rings. The molecule has 4 rings (SSSR count). The second kappa shape index (κ2) is 9.10. The number of hydrogen-bond acceptors (Lipinski definition) is 4. The fraction of sp³-hybridized carbons (Fsp3) is 0.182. The minimum Gasteiger partial charge on any atom is -0.543 e. The van der Waals surface area contributed by atoms with Gasteiger partial charge in [0.05, 0.1) is 24.0 Å². The summed E-state index contributed by atoms with van der Waals surface area (Å²) in [4.78, 5) is 15.4. The number of aromatic nitrogens is 1. The van der Waals surface area contributed by atoms with Crippen molar-refractivity contribution in [3.05, 3.63) is 71.4 Å². The zero-order valence-electron chi connectivity index (χ0n) is 15.5. The zero-order valence-corrected chi connectivity index (χ0v) is 18.3. The van der Waals surface area contributed by atoms with E-state index in [1.165, 1.54) is 18.9 Å². The van der Waals surface area contributed by atoms with Gasteiger partial charge < -0.3 is 14.6 Å². The van der Waals surface area contributed by atoms with Crippen LogP contribution in [0.4, 0.5) is 0 Å². The number of hydrogen-bond donors (Lipinski definition) is 0. The van der Waals surface area contributed by atoms with Crippen molar-refractivity contribution in [2.45, 2.75) is 12.8 Å². The molecule has 28 heavy (non-hydrogen) atoms. The number of halogens is 1. The average Bonchev–Trinajstić information content (AvgIpc) is 3.51. The number of ether oxygens (including phenoxy) is 1. The number of nitrogens with zero attached hydrogens (tertiary/aromatic N) is 1. The number of pyridine rings is 1. The molecule has 0 aliphatic heterocycles. The van der Waals surface area contributed by atoms with Crippen molar-refractivity contribution in [3.8, 4) is 28.1 Å². The number of benzene rings is 2. The third-order valence-corrected chi connectivity index (χ3v) is 4.80. The van der Waals surface area contributed by atoms with Crippen molar-refractivity contribution >= 4 is 17.6 Å².